The van der Waals surface area contributed by atoms with E-state index in [0.717, 1.165) is 11.1 Å². The second-order valence-electron chi connectivity index (χ2n) is 6.92. The summed E-state index contributed by atoms with van der Waals surface area (Å²) in [6.45, 7) is 4.97. The number of ketones is 1. The van der Waals surface area contributed by atoms with Gasteiger partial charge in [-0.25, -0.2) is 0 Å². The third kappa shape index (κ3) is 5.28. The first-order chi connectivity index (χ1) is 14.0. The Morgan fingerprint density at radius 2 is 2.03 bits per heavy atom. The highest BCUT2D eigenvalue weighted by Crippen LogP contribution is 2.29. The van der Waals surface area contributed by atoms with Crippen LogP contribution in [-0.4, -0.2) is 23.8 Å². The van der Waals surface area contributed by atoms with E-state index >= 15 is 0 Å². The van der Waals surface area contributed by atoms with Crippen molar-refractivity contribution in [3.05, 3.63) is 70.2 Å². The number of thiophene rings is 1. The van der Waals surface area contributed by atoms with Gasteiger partial charge in [0.2, 0.25) is 5.78 Å². The summed E-state index contributed by atoms with van der Waals surface area (Å²) in [4.78, 5) is 27.6. The number of carbonyl (C=O) groups excluding carboxylic acids is 2. The van der Waals surface area contributed by atoms with Crippen molar-refractivity contribution in [2.45, 2.75) is 20.1 Å². The SMILES string of the molecule is CC(C)COc1cc(C(=O)c2ccc(C(N)OC=O)cn2)cc(-c2ccsc2)c1. The zero-order valence-corrected chi connectivity index (χ0v) is 17.0. The molecule has 7 heteroatoms. The fraction of sp³-hybridized carbons (Fsp3) is 0.227. The van der Waals surface area contributed by atoms with Crippen molar-refractivity contribution < 1.29 is 19.1 Å². The number of carbonyl (C=O) groups is 2. The molecule has 150 valence electrons. The van der Waals surface area contributed by atoms with Crippen molar-refractivity contribution >= 4 is 23.6 Å². The summed E-state index contributed by atoms with van der Waals surface area (Å²) < 4.78 is 10.6. The van der Waals surface area contributed by atoms with Gasteiger partial charge in [0.25, 0.3) is 6.47 Å². The van der Waals surface area contributed by atoms with E-state index in [1.54, 1.807) is 29.5 Å². The number of hydrogen-bond acceptors (Lipinski definition) is 7. The monoisotopic (exact) mass is 410 g/mol. The lowest BCUT2D eigenvalue weighted by Gasteiger charge is -2.12. The summed E-state index contributed by atoms with van der Waals surface area (Å²) in [6, 6.07) is 10.7. The number of ether oxygens (including phenoxy) is 2. The molecule has 2 heterocycles. The molecule has 2 N–H and O–H groups in total. The summed E-state index contributed by atoms with van der Waals surface area (Å²) in [6.07, 6.45) is 0.516. The Balaban J connectivity index is 1.91. The van der Waals surface area contributed by atoms with E-state index in [4.69, 9.17) is 10.5 Å². The standard InChI is InChI=1S/C22H22N2O4S/c1-14(2)11-27-19-8-17(16-5-6-29-12-16)7-18(9-19)21(26)20-4-3-15(10-24-20)22(23)28-13-25/h3-10,12-14,22H,11,23H2,1-2H3. The maximum absolute atomic E-state index is 13.0. The Morgan fingerprint density at radius 3 is 2.66 bits per heavy atom. The molecule has 1 unspecified atom stereocenters. The van der Waals surface area contributed by atoms with Gasteiger partial charge >= 0.3 is 0 Å². The Hall–Kier alpha value is -3.03. The Kier molecular flexibility index (Phi) is 6.74. The van der Waals surface area contributed by atoms with E-state index in [2.05, 4.69) is 23.6 Å². The lowest BCUT2D eigenvalue weighted by atomic mass is 10.0. The van der Waals surface area contributed by atoms with E-state index in [1.807, 2.05) is 29.0 Å². The van der Waals surface area contributed by atoms with Gasteiger partial charge in [0.15, 0.2) is 6.23 Å². The van der Waals surface area contributed by atoms with Crippen LogP contribution in [0, 0.1) is 5.92 Å². The molecule has 6 nitrogen and oxygen atoms in total. The van der Waals surface area contributed by atoms with Gasteiger partial charge in [-0.1, -0.05) is 19.9 Å². The maximum atomic E-state index is 13.0. The van der Waals surface area contributed by atoms with Crippen LogP contribution in [0.15, 0.2) is 53.4 Å². The predicted octanol–water partition coefficient (Wildman–Crippen LogP) is 4.21. The highest BCUT2D eigenvalue weighted by Gasteiger charge is 2.16. The van der Waals surface area contributed by atoms with Crippen LogP contribution in [0.1, 0.15) is 41.7 Å². The molecule has 1 aromatic carbocycles. The lowest BCUT2D eigenvalue weighted by molar-refractivity contribution is -0.133. The van der Waals surface area contributed by atoms with Gasteiger partial charge < -0.3 is 9.47 Å². The first kappa shape index (κ1) is 20.7. The Labute approximate surface area is 173 Å². The van der Waals surface area contributed by atoms with Gasteiger partial charge in [-0.2, -0.15) is 11.3 Å². The van der Waals surface area contributed by atoms with Crippen molar-refractivity contribution in [1.82, 2.24) is 4.98 Å². The molecule has 3 rings (SSSR count). The molecule has 0 amide bonds. The zero-order valence-electron chi connectivity index (χ0n) is 16.2. The second kappa shape index (κ2) is 9.45. The summed E-state index contributed by atoms with van der Waals surface area (Å²) >= 11 is 1.59. The van der Waals surface area contributed by atoms with Crippen molar-refractivity contribution in [1.29, 1.82) is 0 Å². The van der Waals surface area contributed by atoms with Gasteiger partial charge in [0, 0.05) is 17.3 Å². The maximum Gasteiger partial charge on any atom is 0.294 e. The van der Waals surface area contributed by atoms with Gasteiger partial charge in [0.1, 0.15) is 11.4 Å². The van der Waals surface area contributed by atoms with Crippen LogP contribution in [0.25, 0.3) is 11.1 Å². The molecule has 0 bridgehead atoms. The molecule has 0 fully saturated rings. The molecule has 0 saturated carbocycles. The first-order valence-corrected chi connectivity index (χ1v) is 10.1. The van der Waals surface area contributed by atoms with E-state index in [9.17, 15) is 9.59 Å². The van der Waals surface area contributed by atoms with Crippen LogP contribution >= 0.6 is 11.3 Å². The molecule has 1 atom stereocenters. The van der Waals surface area contributed by atoms with Crippen LogP contribution in [-0.2, 0) is 9.53 Å². The van der Waals surface area contributed by atoms with Gasteiger partial charge in [-0.05, 0) is 58.1 Å². The minimum atomic E-state index is -0.915. The Bertz CT molecular complexity index is 969. The smallest absolute Gasteiger partial charge is 0.294 e. The van der Waals surface area contributed by atoms with Crippen molar-refractivity contribution in [3.8, 4) is 16.9 Å². The van der Waals surface area contributed by atoms with Crippen molar-refractivity contribution in [2.75, 3.05) is 6.61 Å². The summed E-state index contributed by atoms with van der Waals surface area (Å²) in [7, 11) is 0. The number of pyridine rings is 1. The van der Waals surface area contributed by atoms with E-state index in [1.165, 1.54) is 6.20 Å². The van der Waals surface area contributed by atoms with Crippen molar-refractivity contribution in [3.63, 3.8) is 0 Å². The van der Waals surface area contributed by atoms with E-state index in [0.29, 0.717) is 29.4 Å². The number of nitrogens with two attached hydrogens (primary N) is 1. The minimum absolute atomic E-state index is 0.229. The highest BCUT2D eigenvalue weighted by atomic mass is 32.1. The van der Waals surface area contributed by atoms with Crippen LogP contribution in [0.5, 0.6) is 5.75 Å². The molecule has 0 aliphatic heterocycles. The van der Waals surface area contributed by atoms with E-state index in [-0.39, 0.29) is 17.9 Å². The fourth-order valence-electron chi connectivity index (χ4n) is 2.67. The largest absolute Gasteiger partial charge is 0.493 e. The van der Waals surface area contributed by atoms with E-state index < -0.39 is 6.23 Å². The minimum Gasteiger partial charge on any atom is -0.493 e. The molecule has 0 spiro atoms. The number of benzene rings is 1. The summed E-state index contributed by atoms with van der Waals surface area (Å²) in [5.41, 5.74) is 8.90. The molecule has 0 aliphatic carbocycles. The normalized spacial score (nSPS) is 11.9. The Morgan fingerprint density at radius 1 is 1.21 bits per heavy atom. The molecular weight excluding hydrogens is 388 g/mol. The highest BCUT2D eigenvalue weighted by molar-refractivity contribution is 7.08. The van der Waals surface area contributed by atoms with Crippen molar-refractivity contribution in [2.24, 2.45) is 11.7 Å². The van der Waals surface area contributed by atoms with Gasteiger partial charge in [-0.3, -0.25) is 20.3 Å². The van der Waals surface area contributed by atoms with Crippen LogP contribution < -0.4 is 10.5 Å². The third-order valence-corrected chi connectivity index (χ3v) is 4.84. The molecular formula is C22H22N2O4S. The van der Waals surface area contributed by atoms with Crippen LogP contribution in [0.4, 0.5) is 0 Å². The predicted molar refractivity (Wildman–Crippen MR) is 112 cm³/mol. The third-order valence-electron chi connectivity index (χ3n) is 4.16. The average molecular weight is 410 g/mol. The number of nitrogens with zero attached hydrogens (tertiary/aromatic N) is 1. The molecule has 0 radical (unpaired) electrons. The number of hydrogen-bond donors (Lipinski definition) is 1. The van der Waals surface area contributed by atoms with Crippen LogP contribution in [0.2, 0.25) is 0 Å². The average Bonchev–Trinajstić information content (AvgIpc) is 3.27. The zero-order chi connectivity index (χ0) is 20.8. The molecule has 0 saturated heterocycles. The lowest BCUT2D eigenvalue weighted by Crippen LogP contribution is -2.14. The fourth-order valence-corrected chi connectivity index (χ4v) is 3.33. The topological polar surface area (TPSA) is 91.5 Å². The van der Waals surface area contributed by atoms with Crippen LogP contribution in [0.3, 0.4) is 0 Å². The molecule has 3 aromatic rings. The van der Waals surface area contributed by atoms with Gasteiger partial charge in [-0.15, -0.1) is 0 Å². The quantitative estimate of drug-likeness (QED) is 0.323. The number of aromatic nitrogens is 1. The first-order valence-electron chi connectivity index (χ1n) is 9.13. The molecule has 29 heavy (non-hydrogen) atoms. The second-order valence-corrected chi connectivity index (χ2v) is 7.70. The summed E-state index contributed by atoms with van der Waals surface area (Å²) in [5.74, 6) is 0.780. The summed E-state index contributed by atoms with van der Waals surface area (Å²) in [5, 5.41) is 4.01. The molecule has 2 aromatic heterocycles. The van der Waals surface area contributed by atoms with Gasteiger partial charge in [0.05, 0.1) is 6.61 Å². The molecule has 0 aliphatic rings. The number of rotatable bonds is 9.